The van der Waals surface area contributed by atoms with Crippen LogP contribution in [0.4, 0.5) is 0 Å². The number of imidazole rings is 1. The van der Waals surface area contributed by atoms with Crippen molar-refractivity contribution in [1.29, 1.82) is 0 Å². The molecule has 1 N–H and O–H groups in total. The number of aromatic amines is 1. The zero-order valence-electron chi connectivity index (χ0n) is 12.6. The lowest BCUT2D eigenvalue weighted by molar-refractivity contribution is -0.139. The number of fused-ring (bicyclic) bond motifs is 1. The molecule has 3 aromatic rings. The minimum absolute atomic E-state index is 0.0255. The number of aromatic nitrogens is 3. The van der Waals surface area contributed by atoms with Crippen LogP contribution in [0.1, 0.15) is 21.9 Å². The summed E-state index contributed by atoms with van der Waals surface area (Å²) >= 11 is 6.04. The topological polar surface area (TPSA) is 77.0 Å². The first-order chi connectivity index (χ1) is 11.0. The number of benzene rings is 1. The van der Waals surface area contributed by atoms with Crippen LogP contribution in [0.15, 0.2) is 30.6 Å². The Balaban J connectivity index is 2.19. The normalized spacial score (nSPS) is 10.9. The maximum atomic E-state index is 12.8. The van der Waals surface area contributed by atoms with E-state index in [1.807, 2.05) is 0 Å². The van der Waals surface area contributed by atoms with Gasteiger partial charge in [-0.1, -0.05) is 11.6 Å². The molecule has 7 heteroatoms. The van der Waals surface area contributed by atoms with Crippen LogP contribution in [0.3, 0.4) is 0 Å². The van der Waals surface area contributed by atoms with E-state index in [4.69, 9.17) is 16.3 Å². The van der Waals surface area contributed by atoms with Gasteiger partial charge in [0.2, 0.25) is 5.78 Å². The maximum Gasteiger partial charge on any atom is 0.310 e. The van der Waals surface area contributed by atoms with Gasteiger partial charge in [0.1, 0.15) is 0 Å². The lowest BCUT2D eigenvalue weighted by atomic mass is 10.0. The number of ketones is 1. The molecule has 0 saturated heterocycles. The highest BCUT2D eigenvalue weighted by atomic mass is 35.5. The third-order valence-electron chi connectivity index (χ3n) is 3.67. The molecule has 0 radical (unpaired) electrons. The Morgan fingerprint density at radius 2 is 2.17 bits per heavy atom. The monoisotopic (exact) mass is 331 g/mol. The number of halogens is 1. The highest BCUT2D eigenvalue weighted by Gasteiger charge is 2.23. The first-order valence-electron chi connectivity index (χ1n) is 6.90. The summed E-state index contributed by atoms with van der Waals surface area (Å²) in [6.45, 7) is 0. The second-order valence-corrected chi connectivity index (χ2v) is 5.55. The zero-order valence-corrected chi connectivity index (χ0v) is 13.3. The van der Waals surface area contributed by atoms with E-state index in [0.29, 0.717) is 16.3 Å². The fourth-order valence-electron chi connectivity index (χ4n) is 2.51. The summed E-state index contributed by atoms with van der Waals surface area (Å²) in [5.41, 5.74) is 1.61. The van der Waals surface area contributed by atoms with E-state index in [2.05, 4.69) is 9.97 Å². The van der Waals surface area contributed by atoms with Crippen molar-refractivity contribution in [2.75, 3.05) is 7.11 Å². The number of esters is 1. The number of hydrogen-bond acceptors (Lipinski definition) is 4. The number of ether oxygens (including phenoxy) is 1. The smallest absolute Gasteiger partial charge is 0.310 e. The summed E-state index contributed by atoms with van der Waals surface area (Å²) in [5.74, 6) is -0.433. The number of hydrogen-bond donors (Lipinski definition) is 1. The van der Waals surface area contributed by atoms with Crippen LogP contribution >= 0.6 is 11.6 Å². The number of nitrogens with zero attached hydrogens (tertiary/aromatic N) is 2. The van der Waals surface area contributed by atoms with Crippen LogP contribution in [0, 0.1) is 0 Å². The number of nitrogens with one attached hydrogen (secondary N) is 1. The molecule has 0 aliphatic carbocycles. The molecular weight excluding hydrogens is 318 g/mol. The van der Waals surface area contributed by atoms with Gasteiger partial charge in [-0.2, -0.15) is 0 Å². The van der Waals surface area contributed by atoms with Crippen molar-refractivity contribution in [3.8, 4) is 0 Å². The molecule has 0 aliphatic rings. The molecule has 0 aliphatic heterocycles. The fourth-order valence-corrected chi connectivity index (χ4v) is 2.68. The predicted octanol–water partition coefficient (Wildman–Crippen LogP) is 2.50. The van der Waals surface area contributed by atoms with Gasteiger partial charge < -0.3 is 14.3 Å². The average molecular weight is 332 g/mol. The van der Waals surface area contributed by atoms with Crippen molar-refractivity contribution >= 4 is 34.3 Å². The quantitative estimate of drug-likeness (QED) is 0.588. The van der Waals surface area contributed by atoms with Crippen LogP contribution in [-0.4, -0.2) is 33.4 Å². The molecule has 0 unspecified atom stereocenters. The minimum atomic E-state index is -0.431. The van der Waals surface area contributed by atoms with Gasteiger partial charge in [-0.15, -0.1) is 0 Å². The van der Waals surface area contributed by atoms with Crippen molar-refractivity contribution in [3.05, 3.63) is 52.7 Å². The van der Waals surface area contributed by atoms with Crippen molar-refractivity contribution in [2.24, 2.45) is 7.05 Å². The van der Waals surface area contributed by atoms with E-state index in [0.717, 1.165) is 10.9 Å². The maximum absolute atomic E-state index is 12.8. The highest BCUT2D eigenvalue weighted by Crippen LogP contribution is 2.27. The number of carbonyl (C=O) groups is 2. The first kappa shape index (κ1) is 15.3. The molecule has 0 saturated carbocycles. The van der Waals surface area contributed by atoms with Crippen molar-refractivity contribution in [1.82, 2.24) is 14.5 Å². The van der Waals surface area contributed by atoms with Gasteiger partial charge in [0.15, 0.2) is 5.82 Å². The van der Waals surface area contributed by atoms with Crippen LogP contribution in [0.25, 0.3) is 10.9 Å². The molecule has 0 fully saturated rings. The first-order valence-corrected chi connectivity index (χ1v) is 7.28. The van der Waals surface area contributed by atoms with Crippen LogP contribution in [0.5, 0.6) is 0 Å². The standard InChI is InChI=1S/C16H14ClN3O3/c1-20-6-5-18-16(20)15(22)14-11(8-13(21)23-2)10-7-9(17)3-4-12(10)19-14/h3-7,19H,8H2,1-2H3. The van der Waals surface area contributed by atoms with E-state index in [1.54, 1.807) is 42.2 Å². The third-order valence-corrected chi connectivity index (χ3v) is 3.90. The molecule has 0 bridgehead atoms. The van der Waals surface area contributed by atoms with Gasteiger partial charge >= 0.3 is 5.97 Å². The predicted molar refractivity (Wildman–Crippen MR) is 85.7 cm³/mol. The Labute approximate surface area is 137 Å². The van der Waals surface area contributed by atoms with Crippen molar-refractivity contribution in [3.63, 3.8) is 0 Å². The van der Waals surface area contributed by atoms with Crippen LogP contribution in [0.2, 0.25) is 5.02 Å². The minimum Gasteiger partial charge on any atom is -0.469 e. The number of carbonyl (C=O) groups excluding carboxylic acids is 2. The largest absolute Gasteiger partial charge is 0.469 e. The van der Waals surface area contributed by atoms with Gasteiger partial charge in [-0.05, 0) is 18.2 Å². The molecule has 3 rings (SSSR count). The number of aryl methyl sites for hydroxylation is 1. The number of methoxy groups -OCH3 is 1. The molecule has 23 heavy (non-hydrogen) atoms. The lowest BCUT2D eigenvalue weighted by Gasteiger charge is -2.04. The van der Waals surface area contributed by atoms with Crippen molar-refractivity contribution < 1.29 is 14.3 Å². The Morgan fingerprint density at radius 1 is 1.39 bits per heavy atom. The fraction of sp³-hybridized carbons (Fsp3) is 0.188. The molecule has 0 amide bonds. The van der Waals surface area contributed by atoms with Crippen molar-refractivity contribution in [2.45, 2.75) is 6.42 Å². The molecule has 118 valence electrons. The van der Waals surface area contributed by atoms with E-state index < -0.39 is 5.97 Å². The van der Waals surface area contributed by atoms with Crippen LogP contribution in [-0.2, 0) is 23.0 Å². The molecule has 0 atom stereocenters. The Morgan fingerprint density at radius 3 is 2.83 bits per heavy atom. The Hall–Kier alpha value is -2.60. The Kier molecular flexibility index (Phi) is 3.92. The van der Waals surface area contributed by atoms with E-state index in [1.165, 1.54) is 7.11 Å². The second kappa shape index (κ2) is 5.89. The SMILES string of the molecule is COC(=O)Cc1c(C(=O)c2nccn2C)[nH]c2ccc(Cl)cc12. The zero-order chi connectivity index (χ0) is 16.6. The molecule has 1 aromatic carbocycles. The second-order valence-electron chi connectivity index (χ2n) is 5.11. The van der Waals surface area contributed by atoms with Gasteiger partial charge in [0.05, 0.1) is 19.2 Å². The summed E-state index contributed by atoms with van der Waals surface area (Å²) in [6.07, 6.45) is 3.21. The van der Waals surface area contributed by atoms with Gasteiger partial charge in [0, 0.05) is 40.9 Å². The van der Waals surface area contributed by atoms with Gasteiger partial charge in [0.25, 0.3) is 0 Å². The molecule has 0 spiro atoms. The third kappa shape index (κ3) is 2.73. The van der Waals surface area contributed by atoms with Gasteiger partial charge in [-0.3, -0.25) is 9.59 Å². The van der Waals surface area contributed by atoms with E-state index in [-0.39, 0.29) is 18.0 Å². The average Bonchev–Trinajstić information content (AvgIpc) is 3.11. The summed E-state index contributed by atoms with van der Waals surface area (Å²) in [5, 5.41) is 1.25. The highest BCUT2D eigenvalue weighted by molar-refractivity contribution is 6.31. The molecular formula is C16H14ClN3O3. The van der Waals surface area contributed by atoms with Crippen LogP contribution < -0.4 is 0 Å². The van der Waals surface area contributed by atoms with Gasteiger partial charge in [-0.25, -0.2) is 4.98 Å². The Bertz CT molecular complexity index is 911. The summed E-state index contributed by atoms with van der Waals surface area (Å²) in [7, 11) is 3.05. The van der Waals surface area contributed by atoms with E-state index in [9.17, 15) is 9.59 Å². The van der Waals surface area contributed by atoms with E-state index >= 15 is 0 Å². The number of rotatable bonds is 4. The number of H-pyrrole nitrogens is 1. The molecule has 6 nitrogen and oxygen atoms in total. The summed E-state index contributed by atoms with van der Waals surface area (Å²) in [6, 6.07) is 5.21. The summed E-state index contributed by atoms with van der Waals surface area (Å²) in [4.78, 5) is 31.6. The summed E-state index contributed by atoms with van der Waals surface area (Å²) < 4.78 is 6.36. The molecule has 2 aromatic heterocycles. The lowest BCUT2D eigenvalue weighted by Crippen LogP contribution is -2.13. The molecule has 2 heterocycles.